The predicted molar refractivity (Wildman–Crippen MR) is 99.0 cm³/mol. The molecule has 3 rings (SSSR count). The lowest BCUT2D eigenvalue weighted by Gasteiger charge is -2.09. The van der Waals surface area contributed by atoms with Crippen LogP contribution in [0.5, 0.6) is 0 Å². The van der Waals surface area contributed by atoms with Crippen LogP contribution in [0.2, 0.25) is 5.02 Å². The van der Waals surface area contributed by atoms with Gasteiger partial charge in [0.25, 0.3) is 0 Å². The summed E-state index contributed by atoms with van der Waals surface area (Å²) in [5.41, 5.74) is 3.15. The third kappa shape index (κ3) is 4.10. The molecule has 0 aliphatic rings. The normalized spacial score (nSPS) is 11.6. The van der Waals surface area contributed by atoms with E-state index in [0.717, 1.165) is 16.8 Å². The summed E-state index contributed by atoms with van der Waals surface area (Å²) in [6, 6.07) is 16.4. The number of benzene rings is 2. The SMILES string of the molecule is Cn1nccc1-c1ccc(CCNS(=O)(=O)c2ccccc2Cl)cc1. The van der Waals surface area contributed by atoms with Gasteiger partial charge in [0, 0.05) is 19.8 Å². The van der Waals surface area contributed by atoms with Gasteiger partial charge in [0.05, 0.1) is 10.7 Å². The summed E-state index contributed by atoms with van der Waals surface area (Å²) >= 11 is 5.96. The zero-order chi connectivity index (χ0) is 17.9. The summed E-state index contributed by atoms with van der Waals surface area (Å²) in [7, 11) is -1.71. The van der Waals surface area contributed by atoms with Gasteiger partial charge < -0.3 is 0 Å². The lowest BCUT2D eigenvalue weighted by molar-refractivity contribution is 0.581. The maximum atomic E-state index is 12.3. The minimum Gasteiger partial charge on any atom is -0.268 e. The Balaban J connectivity index is 1.63. The molecular formula is C18H18ClN3O2S. The number of halogens is 1. The Kier molecular flexibility index (Phi) is 5.22. The number of nitrogens with one attached hydrogen (secondary N) is 1. The van der Waals surface area contributed by atoms with Crippen LogP contribution in [0.3, 0.4) is 0 Å². The average Bonchev–Trinajstić information content (AvgIpc) is 3.02. The molecule has 0 aliphatic heterocycles. The van der Waals surface area contributed by atoms with Crippen molar-refractivity contribution in [3.05, 3.63) is 71.4 Å². The van der Waals surface area contributed by atoms with Gasteiger partial charge in [-0.2, -0.15) is 5.10 Å². The second-order valence-electron chi connectivity index (χ2n) is 5.62. The molecule has 0 amide bonds. The second kappa shape index (κ2) is 7.39. The topological polar surface area (TPSA) is 64.0 Å². The van der Waals surface area contributed by atoms with Gasteiger partial charge in [0.2, 0.25) is 10.0 Å². The molecule has 3 aromatic rings. The molecule has 0 spiro atoms. The van der Waals surface area contributed by atoms with E-state index in [1.54, 1.807) is 24.4 Å². The van der Waals surface area contributed by atoms with Crippen LogP contribution in [0.1, 0.15) is 5.56 Å². The molecule has 0 atom stereocenters. The van der Waals surface area contributed by atoms with Crippen molar-refractivity contribution in [2.24, 2.45) is 7.05 Å². The predicted octanol–water partition coefficient (Wildman–Crippen LogP) is 3.26. The Bertz CT molecular complexity index is 966. The van der Waals surface area contributed by atoms with E-state index in [4.69, 9.17) is 11.6 Å². The Morgan fingerprint density at radius 3 is 2.44 bits per heavy atom. The largest absolute Gasteiger partial charge is 0.268 e. The Morgan fingerprint density at radius 2 is 1.80 bits per heavy atom. The molecule has 130 valence electrons. The summed E-state index contributed by atoms with van der Waals surface area (Å²) in [6.07, 6.45) is 2.35. The van der Waals surface area contributed by atoms with Gasteiger partial charge >= 0.3 is 0 Å². The molecule has 0 saturated heterocycles. The van der Waals surface area contributed by atoms with E-state index in [1.807, 2.05) is 42.1 Å². The van der Waals surface area contributed by atoms with Gasteiger partial charge in [-0.3, -0.25) is 4.68 Å². The fraction of sp³-hybridized carbons (Fsp3) is 0.167. The molecule has 25 heavy (non-hydrogen) atoms. The summed E-state index contributed by atoms with van der Waals surface area (Å²) in [5.74, 6) is 0. The van der Waals surface area contributed by atoms with Crippen molar-refractivity contribution in [2.45, 2.75) is 11.3 Å². The molecule has 1 aromatic heterocycles. The van der Waals surface area contributed by atoms with Gasteiger partial charge in [0.15, 0.2) is 0 Å². The highest BCUT2D eigenvalue weighted by Gasteiger charge is 2.16. The van der Waals surface area contributed by atoms with E-state index in [9.17, 15) is 8.42 Å². The molecule has 0 aliphatic carbocycles. The lowest BCUT2D eigenvalue weighted by Crippen LogP contribution is -2.26. The molecule has 2 aromatic carbocycles. The van der Waals surface area contributed by atoms with Crippen LogP contribution in [-0.2, 0) is 23.5 Å². The van der Waals surface area contributed by atoms with E-state index < -0.39 is 10.0 Å². The van der Waals surface area contributed by atoms with Crippen molar-refractivity contribution in [1.29, 1.82) is 0 Å². The Morgan fingerprint density at radius 1 is 1.08 bits per heavy atom. The number of hydrogen-bond acceptors (Lipinski definition) is 3. The maximum absolute atomic E-state index is 12.3. The lowest BCUT2D eigenvalue weighted by atomic mass is 10.1. The van der Waals surface area contributed by atoms with E-state index in [1.165, 1.54) is 6.07 Å². The summed E-state index contributed by atoms with van der Waals surface area (Å²) in [5, 5.41) is 4.38. The minimum absolute atomic E-state index is 0.100. The van der Waals surface area contributed by atoms with Gasteiger partial charge in [-0.15, -0.1) is 0 Å². The van der Waals surface area contributed by atoms with E-state index in [0.29, 0.717) is 13.0 Å². The number of nitrogens with zero attached hydrogens (tertiary/aromatic N) is 2. The van der Waals surface area contributed by atoms with Gasteiger partial charge in [-0.1, -0.05) is 48.0 Å². The van der Waals surface area contributed by atoms with Crippen molar-refractivity contribution in [2.75, 3.05) is 6.54 Å². The molecule has 1 N–H and O–H groups in total. The third-order valence-electron chi connectivity index (χ3n) is 3.90. The first-order valence-electron chi connectivity index (χ1n) is 7.79. The first-order valence-corrected chi connectivity index (χ1v) is 9.65. The van der Waals surface area contributed by atoms with Crippen LogP contribution in [-0.4, -0.2) is 24.7 Å². The smallest absolute Gasteiger partial charge is 0.242 e. The first kappa shape index (κ1) is 17.7. The van der Waals surface area contributed by atoms with Crippen molar-refractivity contribution in [1.82, 2.24) is 14.5 Å². The molecule has 1 heterocycles. The summed E-state index contributed by atoms with van der Waals surface area (Å²) in [6.45, 7) is 0.304. The van der Waals surface area contributed by atoms with Crippen molar-refractivity contribution >= 4 is 21.6 Å². The Hall–Kier alpha value is -2.15. The molecule has 0 radical (unpaired) electrons. The molecule has 5 nitrogen and oxygen atoms in total. The minimum atomic E-state index is -3.60. The van der Waals surface area contributed by atoms with Crippen LogP contribution in [0.4, 0.5) is 0 Å². The average molecular weight is 376 g/mol. The van der Waals surface area contributed by atoms with Crippen LogP contribution in [0, 0.1) is 0 Å². The Labute approximate surface area is 152 Å². The highest BCUT2D eigenvalue weighted by molar-refractivity contribution is 7.89. The van der Waals surface area contributed by atoms with Crippen molar-refractivity contribution in [3.8, 4) is 11.3 Å². The van der Waals surface area contributed by atoms with Crippen LogP contribution in [0.15, 0.2) is 65.7 Å². The monoisotopic (exact) mass is 375 g/mol. The number of rotatable bonds is 6. The van der Waals surface area contributed by atoms with Gasteiger partial charge in [-0.05, 0) is 35.7 Å². The number of aryl methyl sites for hydroxylation is 1. The van der Waals surface area contributed by atoms with Crippen molar-refractivity contribution < 1.29 is 8.42 Å². The number of sulfonamides is 1. The van der Waals surface area contributed by atoms with Crippen LogP contribution >= 0.6 is 11.6 Å². The van der Waals surface area contributed by atoms with Crippen LogP contribution < -0.4 is 4.72 Å². The van der Waals surface area contributed by atoms with Gasteiger partial charge in [0.1, 0.15) is 4.90 Å². The number of hydrogen-bond donors (Lipinski definition) is 1. The van der Waals surface area contributed by atoms with E-state index >= 15 is 0 Å². The van der Waals surface area contributed by atoms with Crippen molar-refractivity contribution in [3.63, 3.8) is 0 Å². The molecule has 0 saturated carbocycles. The summed E-state index contributed by atoms with van der Waals surface area (Å²) in [4.78, 5) is 0.100. The highest BCUT2D eigenvalue weighted by Crippen LogP contribution is 2.21. The van der Waals surface area contributed by atoms with Gasteiger partial charge in [-0.25, -0.2) is 13.1 Å². The standard InChI is InChI=1S/C18H18ClN3O2S/c1-22-17(11-12-20-22)15-8-6-14(7-9-15)10-13-21-25(23,24)18-5-3-2-4-16(18)19/h2-9,11-12,21H,10,13H2,1H3. The van der Waals surface area contributed by atoms with Crippen LogP contribution in [0.25, 0.3) is 11.3 Å². The molecule has 0 fully saturated rings. The second-order valence-corrected chi connectivity index (χ2v) is 7.76. The third-order valence-corrected chi connectivity index (χ3v) is 5.86. The number of aromatic nitrogens is 2. The maximum Gasteiger partial charge on any atom is 0.242 e. The molecule has 0 unspecified atom stereocenters. The van der Waals surface area contributed by atoms with E-state index in [-0.39, 0.29) is 9.92 Å². The van der Waals surface area contributed by atoms with E-state index in [2.05, 4.69) is 9.82 Å². The highest BCUT2D eigenvalue weighted by atomic mass is 35.5. The molecule has 0 bridgehead atoms. The zero-order valence-corrected chi connectivity index (χ0v) is 15.3. The first-order chi connectivity index (χ1) is 12.0. The fourth-order valence-electron chi connectivity index (χ4n) is 2.57. The fourth-order valence-corrected chi connectivity index (χ4v) is 4.12. The molecular weight excluding hydrogens is 358 g/mol. The summed E-state index contributed by atoms with van der Waals surface area (Å²) < 4.78 is 29.0. The zero-order valence-electron chi connectivity index (χ0n) is 13.7. The quantitative estimate of drug-likeness (QED) is 0.719. The molecule has 7 heteroatoms.